The first-order valence-electron chi connectivity index (χ1n) is 9.44. The van der Waals surface area contributed by atoms with E-state index in [-0.39, 0.29) is 17.9 Å². The van der Waals surface area contributed by atoms with Crippen LogP contribution in [0.25, 0.3) is 0 Å². The largest absolute Gasteiger partial charge is 0.494 e. The highest BCUT2D eigenvalue weighted by Gasteiger charge is 2.27. The molecule has 2 heterocycles. The van der Waals surface area contributed by atoms with E-state index in [1.807, 2.05) is 37.5 Å². The molecule has 1 aliphatic rings. The van der Waals surface area contributed by atoms with Gasteiger partial charge in [0.05, 0.1) is 12.3 Å². The summed E-state index contributed by atoms with van der Waals surface area (Å²) in [6.07, 6.45) is 2.71. The maximum absolute atomic E-state index is 12.8. The van der Waals surface area contributed by atoms with Crippen LogP contribution in [0.1, 0.15) is 60.4 Å². The molecule has 0 spiro atoms. The quantitative estimate of drug-likeness (QED) is 0.818. The standard InChI is InChI=1S/C20H26N4O3/c1-4-27-15-10-8-14(9-11-15)22-19(25)17-16-7-5-6-12-24(16)18(23-17)20(26)21-13(2)3/h8-11,13H,4-7,12H2,1-3H3,(H,21,26)(H,22,25). The minimum Gasteiger partial charge on any atom is -0.494 e. The van der Waals surface area contributed by atoms with Crippen LogP contribution in [0.3, 0.4) is 0 Å². The highest BCUT2D eigenvalue weighted by Crippen LogP contribution is 2.23. The van der Waals surface area contributed by atoms with Gasteiger partial charge in [-0.15, -0.1) is 0 Å². The monoisotopic (exact) mass is 370 g/mol. The number of benzene rings is 1. The van der Waals surface area contributed by atoms with Gasteiger partial charge in [-0.2, -0.15) is 0 Å². The van der Waals surface area contributed by atoms with E-state index in [2.05, 4.69) is 15.6 Å². The second-order valence-electron chi connectivity index (χ2n) is 6.88. The molecule has 2 amide bonds. The number of imidazole rings is 1. The second-order valence-corrected chi connectivity index (χ2v) is 6.88. The van der Waals surface area contributed by atoms with E-state index < -0.39 is 0 Å². The minimum absolute atomic E-state index is 0.00942. The molecule has 27 heavy (non-hydrogen) atoms. The zero-order valence-electron chi connectivity index (χ0n) is 16.0. The van der Waals surface area contributed by atoms with E-state index in [4.69, 9.17) is 4.74 Å². The van der Waals surface area contributed by atoms with Crippen LogP contribution in [-0.2, 0) is 13.0 Å². The molecule has 1 aromatic heterocycles. The third-order valence-electron chi connectivity index (χ3n) is 4.38. The van der Waals surface area contributed by atoms with Gasteiger partial charge in [0.2, 0.25) is 0 Å². The average molecular weight is 370 g/mol. The summed E-state index contributed by atoms with van der Waals surface area (Å²) in [5.41, 5.74) is 1.82. The molecule has 144 valence electrons. The van der Waals surface area contributed by atoms with Crippen LogP contribution < -0.4 is 15.4 Å². The smallest absolute Gasteiger partial charge is 0.287 e. The first-order valence-corrected chi connectivity index (χ1v) is 9.44. The van der Waals surface area contributed by atoms with Crippen molar-refractivity contribution in [2.75, 3.05) is 11.9 Å². The van der Waals surface area contributed by atoms with Crippen LogP contribution in [0.5, 0.6) is 5.75 Å². The third kappa shape index (κ3) is 4.30. The van der Waals surface area contributed by atoms with Crippen LogP contribution in [0.2, 0.25) is 0 Å². The van der Waals surface area contributed by atoms with E-state index in [0.717, 1.165) is 30.7 Å². The number of carbonyl (C=O) groups is 2. The second kappa shape index (κ2) is 8.24. The van der Waals surface area contributed by atoms with Gasteiger partial charge in [0, 0.05) is 18.3 Å². The van der Waals surface area contributed by atoms with Crippen molar-refractivity contribution in [1.82, 2.24) is 14.9 Å². The summed E-state index contributed by atoms with van der Waals surface area (Å²) in [5, 5.41) is 5.73. The molecule has 1 aliphatic heterocycles. The molecule has 0 bridgehead atoms. The highest BCUT2D eigenvalue weighted by atomic mass is 16.5. The lowest BCUT2D eigenvalue weighted by Gasteiger charge is -2.17. The molecule has 1 aromatic carbocycles. The molecule has 2 N–H and O–H groups in total. The molecule has 2 aromatic rings. The molecule has 0 aliphatic carbocycles. The fourth-order valence-electron chi connectivity index (χ4n) is 3.22. The zero-order valence-corrected chi connectivity index (χ0v) is 16.0. The van der Waals surface area contributed by atoms with Gasteiger partial charge >= 0.3 is 0 Å². The summed E-state index contributed by atoms with van der Waals surface area (Å²) < 4.78 is 7.30. The molecular weight excluding hydrogens is 344 g/mol. The molecule has 3 rings (SSSR count). The Hall–Kier alpha value is -2.83. The Balaban J connectivity index is 1.83. The van der Waals surface area contributed by atoms with Gasteiger partial charge in [0.1, 0.15) is 5.75 Å². The fraction of sp³-hybridized carbons (Fsp3) is 0.450. The number of aromatic nitrogens is 2. The first-order chi connectivity index (χ1) is 13.0. The van der Waals surface area contributed by atoms with Gasteiger partial charge < -0.3 is 19.9 Å². The van der Waals surface area contributed by atoms with Gasteiger partial charge in [0.15, 0.2) is 11.5 Å². The topological polar surface area (TPSA) is 85.2 Å². The lowest BCUT2D eigenvalue weighted by molar-refractivity contribution is 0.0927. The predicted octanol–water partition coefficient (Wildman–Crippen LogP) is 3.01. The van der Waals surface area contributed by atoms with Crippen molar-refractivity contribution in [3.05, 3.63) is 41.5 Å². The van der Waals surface area contributed by atoms with Crippen molar-refractivity contribution in [1.29, 1.82) is 0 Å². The van der Waals surface area contributed by atoms with Crippen molar-refractivity contribution >= 4 is 17.5 Å². The highest BCUT2D eigenvalue weighted by molar-refractivity contribution is 6.05. The summed E-state index contributed by atoms with van der Waals surface area (Å²) >= 11 is 0. The third-order valence-corrected chi connectivity index (χ3v) is 4.38. The Morgan fingerprint density at radius 1 is 1.19 bits per heavy atom. The number of nitrogens with one attached hydrogen (secondary N) is 2. The van der Waals surface area contributed by atoms with Gasteiger partial charge in [-0.25, -0.2) is 4.98 Å². The molecule has 0 fully saturated rings. The molecule has 0 saturated heterocycles. The van der Waals surface area contributed by atoms with Crippen LogP contribution in [0.15, 0.2) is 24.3 Å². The average Bonchev–Trinajstić information content (AvgIpc) is 3.03. The Morgan fingerprint density at radius 3 is 2.59 bits per heavy atom. The fourth-order valence-corrected chi connectivity index (χ4v) is 3.22. The molecular formula is C20H26N4O3. The maximum Gasteiger partial charge on any atom is 0.287 e. The minimum atomic E-state index is -0.298. The lowest BCUT2D eigenvalue weighted by Crippen LogP contribution is -2.33. The number of nitrogens with zero attached hydrogens (tertiary/aromatic N) is 2. The molecule has 7 heteroatoms. The number of hydrogen-bond acceptors (Lipinski definition) is 4. The predicted molar refractivity (Wildman–Crippen MR) is 103 cm³/mol. The van der Waals surface area contributed by atoms with Crippen LogP contribution >= 0.6 is 0 Å². The molecule has 0 atom stereocenters. The lowest BCUT2D eigenvalue weighted by atomic mass is 10.1. The SMILES string of the molecule is CCOc1ccc(NC(=O)c2nc(C(=O)NC(C)C)n3c2CCCC3)cc1. The number of rotatable bonds is 6. The summed E-state index contributed by atoms with van der Waals surface area (Å²) in [6.45, 7) is 7.02. The van der Waals surface area contributed by atoms with Gasteiger partial charge in [-0.3, -0.25) is 9.59 Å². The Morgan fingerprint density at radius 2 is 1.93 bits per heavy atom. The number of carbonyl (C=O) groups excluding carboxylic acids is 2. The number of anilines is 1. The van der Waals surface area contributed by atoms with E-state index in [9.17, 15) is 9.59 Å². The zero-order chi connectivity index (χ0) is 19.4. The van der Waals surface area contributed by atoms with Crippen molar-refractivity contribution in [3.63, 3.8) is 0 Å². The summed E-state index contributed by atoms with van der Waals surface area (Å²) in [6, 6.07) is 7.21. The first kappa shape index (κ1) is 18.9. The normalized spacial score (nSPS) is 13.2. The molecule has 0 radical (unpaired) electrons. The molecule has 0 unspecified atom stereocenters. The number of fused-ring (bicyclic) bond motifs is 1. The van der Waals surface area contributed by atoms with Gasteiger partial charge in [0.25, 0.3) is 11.8 Å². The Kier molecular flexibility index (Phi) is 5.78. The number of hydrogen-bond donors (Lipinski definition) is 2. The van der Waals surface area contributed by atoms with Crippen molar-refractivity contribution in [3.8, 4) is 5.75 Å². The maximum atomic E-state index is 12.8. The van der Waals surface area contributed by atoms with Crippen LogP contribution in [0, 0.1) is 0 Å². The van der Waals surface area contributed by atoms with E-state index >= 15 is 0 Å². The molecule has 0 saturated carbocycles. The van der Waals surface area contributed by atoms with Crippen molar-refractivity contribution < 1.29 is 14.3 Å². The summed E-state index contributed by atoms with van der Waals surface area (Å²) in [7, 11) is 0. The van der Waals surface area contributed by atoms with E-state index in [1.165, 1.54) is 0 Å². The summed E-state index contributed by atoms with van der Waals surface area (Å²) in [5.74, 6) is 0.527. The van der Waals surface area contributed by atoms with Crippen LogP contribution in [-0.4, -0.2) is 34.0 Å². The van der Waals surface area contributed by atoms with E-state index in [0.29, 0.717) is 30.4 Å². The van der Waals surface area contributed by atoms with Crippen molar-refractivity contribution in [2.24, 2.45) is 0 Å². The number of ether oxygens (including phenoxy) is 1. The Bertz CT molecular complexity index is 824. The molecule has 7 nitrogen and oxygen atoms in total. The van der Waals surface area contributed by atoms with Gasteiger partial charge in [-0.1, -0.05) is 0 Å². The Labute approximate surface area is 159 Å². The number of amides is 2. The van der Waals surface area contributed by atoms with Crippen molar-refractivity contribution in [2.45, 2.75) is 52.6 Å². The van der Waals surface area contributed by atoms with Crippen LogP contribution in [0.4, 0.5) is 5.69 Å². The van der Waals surface area contributed by atoms with Gasteiger partial charge in [-0.05, 0) is 64.3 Å². The summed E-state index contributed by atoms with van der Waals surface area (Å²) in [4.78, 5) is 29.7. The van der Waals surface area contributed by atoms with E-state index in [1.54, 1.807) is 12.1 Å².